The number of urea groups is 1. The normalized spacial score (nSPS) is 24.0. The Hall–Kier alpha value is -2.47. The van der Waals surface area contributed by atoms with Crippen LogP contribution in [0.2, 0.25) is 0 Å². The second-order valence-electron chi connectivity index (χ2n) is 15.9. The Kier molecular flexibility index (Phi) is 13.5. The number of carbonyl (C=O) groups excluding carboxylic acids is 5. The number of likely N-dealkylation sites (N-methyl/N-ethyl adjacent to an activating group) is 1. The molecule has 5 amide bonds. The van der Waals surface area contributed by atoms with Crippen LogP contribution in [0.15, 0.2) is 0 Å². The van der Waals surface area contributed by atoms with Crippen LogP contribution in [0.1, 0.15) is 106 Å². The lowest BCUT2D eigenvalue weighted by Gasteiger charge is -2.43. The van der Waals surface area contributed by atoms with E-state index >= 15 is 0 Å². The number of hydrogen-bond acceptors (Lipinski definition) is 6. The summed E-state index contributed by atoms with van der Waals surface area (Å²) >= 11 is 0. The smallest absolute Gasteiger partial charge is 0.315 e. The molecule has 2 saturated carbocycles. The summed E-state index contributed by atoms with van der Waals surface area (Å²) in [6.45, 7) is 15.5. The van der Waals surface area contributed by atoms with E-state index in [4.69, 9.17) is 5.73 Å². The molecule has 2 unspecified atom stereocenters. The van der Waals surface area contributed by atoms with Crippen LogP contribution in [-0.4, -0.2) is 94.7 Å². The van der Waals surface area contributed by atoms with Gasteiger partial charge in [-0.3, -0.25) is 23.5 Å². The van der Waals surface area contributed by atoms with Crippen molar-refractivity contribution in [3.05, 3.63) is 0 Å². The van der Waals surface area contributed by atoms with Gasteiger partial charge < -0.3 is 26.6 Å². The van der Waals surface area contributed by atoms with E-state index in [1.54, 1.807) is 4.90 Å². The summed E-state index contributed by atoms with van der Waals surface area (Å²) < 4.78 is 2.22. The molecular weight excluding hydrogens is 616 g/mol. The van der Waals surface area contributed by atoms with E-state index in [1.807, 2.05) is 27.8 Å². The molecule has 12 heteroatoms. The van der Waals surface area contributed by atoms with Crippen LogP contribution < -0.4 is 21.7 Å². The number of nitrogens with one attached hydrogen (secondary N) is 3. The summed E-state index contributed by atoms with van der Waals surface area (Å²) in [6, 6.07) is -3.24. The summed E-state index contributed by atoms with van der Waals surface area (Å²) in [5.74, 6) is -2.37. The topological polar surface area (TPSA) is 154 Å². The van der Waals surface area contributed by atoms with Gasteiger partial charge in [-0.05, 0) is 74.5 Å². The van der Waals surface area contributed by atoms with Crippen LogP contribution in [0.25, 0.3) is 0 Å². The quantitative estimate of drug-likeness (QED) is 0.162. The molecule has 3 fully saturated rings. The summed E-state index contributed by atoms with van der Waals surface area (Å²) in [5, 5.41) is 11.3. The van der Waals surface area contributed by atoms with Gasteiger partial charge in [-0.1, -0.05) is 79.0 Å². The molecule has 0 aromatic carbocycles. The van der Waals surface area contributed by atoms with Crippen molar-refractivity contribution in [1.82, 2.24) is 25.2 Å². The highest BCUT2D eigenvalue weighted by Gasteiger charge is 2.50. The monoisotopic (exact) mass is 678 g/mol. The Morgan fingerprint density at radius 3 is 2.15 bits per heavy atom. The molecule has 47 heavy (non-hydrogen) atoms. The SMILES string of the molecule is C/C=S(\C)N(C)C[C@@H](NC(=O)N[C@H](C(=O)N1CC[C@H](C(C)C)[C@H]1C(=O)NC(CC1CC1)C(=O)C(N)=O)C1(C)CCCCC1)C(C)(C)C. The standard InChI is InChI=1S/C35H62N6O5S/c1-10-47(9)40(8)21-26(34(4,5)6)38-33(46)39-29(35(7)17-12-11-13-18-35)32(45)41-19-16-24(22(2)3)27(41)31(44)37-25(20-23-14-15-23)28(42)30(36)43/h10,22-27,29H,11-21H2,1-9H3,(H2,36,43)(H,37,44)(H2,38,39,46)/t24-,25?,26-,27+,29-,47?/m1/s1. The second-order valence-corrected chi connectivity index (χ2v) is 18.0. The van der Waals surface area contributed by atoms with Gasteiger partial charge in [-0.25, -0.2) is 4.79 Å². The average molecular weight is 679 g/mol. The van der Waals surface area contributed by atoms with E-state index in [-0.39, 0.29) is 45.8 Å². The van der Waals surface area contributed by atoms with Crippen LogP contribution in [0.4, 0.5) is 4.79 Å². The third kappa shape index (κ3) is 10.3. The first-order valence-electron chi connectivity index (χ1n) is 17.6. The molecule has 0 aromatic rings. The van der Waals surface area contributed by atoms with E-state index in [1.165, 1.54) is 0 Å². The summed E-state index contributed by atoms with van der Waals surface area (Å²) in [4.78, 5) is 68.8. The van der Waals surface area contributed by atoms with Gasteiger partial charge in [0.05, 0.1) is 6.04 Å². The first kappa shape index (κ1) is 39.0. The minimum atomic E-state index is -1.07. The number of likely N-dealkylation sites (tertiary alicyclic amines) is 1. The fourth-order valence-electron chi connectivity index (χ4n) is 7.21. The van der Waals surface area contributed by atoms with Crippen LogP contribution in [0.3, 0.4) is 0 Å². The number of primary amides is 1. The lowest BCUT2D eigenvalue weighted by molar-refractivity contribution is -0.145. The second kappa shape index (κ2) is 16.3. The Morgan fingerprint density at radius 2 is 1.64 bits per heavy atom. The van der Waals surface area contributed by atoms with Crippen molar-refractivity contribution in [2.75, 3.05) is 26.4 Å². The molecule has 2 aliphatic carbocycles. The number of amides is 5. The lowest BCUT2D eigenvalue weighted by Crippen LogP contribution is -2.63. The minimum absolute atomic E-state index is 0.0575. The Labute approximate surface area is 285 Å². The number of hydrogen-bond donors (Lipinski definition) is 4. The number of ketones is 1. The highest BCUT2D eigenvalue weighted by molar-refractivity contribution is 8.12. The van der Waals surface area contributed by atoms with E-state index in [0.717, 1.165) is 44.9 Å². The molecule has 5 N–H and O–H groups in total. The van der Waals surface area contributed by atoms with Crippen molar-refractivity contribution >= 4 is 45.6 Å². The number of Topliss-reactive ketones (excluding diaryl/α,β-unsaturated/α-hetero) is 1. The van der Waals surface area contributed by atoms with Gasteiger partial charge in [-0.15, -0.1) is 10.7 Å². The van der Waals surface area contributed by atoms with Crippen molar-refractivity contribution in [1.29, 1.82) is 0 Å². The molecule has 0 radical (unpaired) electrons. The fourth-order valence-corrected chi connectivity index (χ4v) is 7.96. The fraction of sp³-hybridized carbons (Fsp3) is 0.829. The highest BCUT2D eigenvalue weighted by Crippen LogP contribution is 2.41. The predicted octanol–water partition coefficient (Wildman–Crippen LogP) is 3.82. The van der Waals surface area contributed by atoms with E-state index in [9.17, 15) is 24.0 Å². The van der Waals surface area contributed by atoms with Crippen molar-refractivity contribution in [2.45, 2.75) is 130 Å². The number of nitrogens with two attached hydrogens (primary N) is 1. The van der Waals surface area contributed by atoms with Gasteiger partial charge in [0.1, 0.15) is 12.1 Å². The number of rotatable bonds is 14. The van der Waals surface area contributed by atoms with Crippen molar-refractivity contribution in [3.63, 3.8) is 0 Å². The predicted molar refractivity (Wildman–Crippen MR) is 190 cm³/mol. The van der Waals surface area contributed by atoms with Crippen LogP contribution in [0.5, 0.6) is 0 Å². The van der Waals surface area contributed by atoms with E-state index in [2.05, 4.69) is 59.6 Å². The minimum Gasteiger partial charge on any atom is -0.363 e. The molecule has 6 atom stereocenters. The molecule has 1 saturated heterocycles. The maximum Gasteiger partial charge on any atom is 0.315 e. The molecule has 1 aliphatic heterocycles. The Balaban J connectivity index is 1.90. The number of nitrogens with zero attached hydrogens (tertiary/aromatic N) is 2. The first-order valence-corrected chi connectivity index (χ1v) is 19.2. The van der Waals surface area contributed by atoms with Gasteiger partial charge in [0.2, 0.25) is 17.6 Å². The lowest BCUT2D eigenvalue weighted by atomic mass is 9.70. The van der Waals surface area contributed by atoms with Gasteiger partial charge in [-0.2, -0.15) is 0 Å². The molecule has 3 rings (SSSR count). The zero-order valence-corrected chi connectivity index (χ0v) is 31.1. The van der Waals surface area contributed by atoms with Gasteiger partial charge in [0.15, 0.2) is 0 Å². The molecule has 0 bridgehead atoms. The first-order chi connectivity index (χ1) is 21.9. The maximum atomic E-state index is 14.7. The Bertz CT molecular complexity index is 1190. The largest absolute Gasteiger partial charge is 0.363 e. The van der Waals surface area contributed by atoms with Gasteiger partial charge in [0.25, 0.3) is 5.91 Å². The summed E-state index contributed by atoms with van der Waals surface area (Å²) in [6.07, 6.45) is 9.59. The van der Waals surface area contributed by atoms with Crippen molar-refractivity contribution in [2.24, 2.45) is 34.3 Å². The van der Waals surface area contributed by atoms with Crippen LogP contribution >= 0.6 is 10.7 Å². The molecule has 268 valence electrons. The van der Waals surface area contributed by atoms with Crippen molar-refractivity contribution < 1.29 is 24.0 Å². The summed E-state index contributed by atoms with van der Waals surface area (Å²) in [7, 11) is 1.99. The molecular formula is C35H62N6O5S. The average Bonchev–Trinajstić information content (AvgIpc) is 3.70. The number of carbonyl (C=O) groups is 5. The van der Waals surface area contributed by atoms with Crippen LogP contribution in [-0.2, 0) is 19.2 Å². The van der Waals surface area contributed by atoms with Gasteiger partial charge in [0, 0.05) is 19.1 Å². The highest BCUT2D eigenvalue weighted by atomic mass is 32.2. The van der Waals surface area contributed by atoms with Crippen molar-refractivity contribution in [3.8, 4) is 0 Å². The molecule has 3 aliphatic rings. The maximum absolute atomic E-state index is 14.7. The summed E-state index contributed by atoms with van der Waals surface area (Å²) in [5.41, 5.74) is 4.63. The molecule has 0 spiro atoms. The zero-order chi connectivity index (χ0) is 35.3. The zero-order valence-electron chi connectivity index (χ0n) is 30.3. The van der Waals surface area contributed by atoms with Crippen LogP contribution in [0, 0.1) is 28.6 Å². The third-order valence-corrected chi connectivity index (χ3v) is 12.6. The third-order valence-electron chi connectivity index (χ3n) is 10.8. The Morgan fingerprint density at radius 1 is 1.02 bits per heavy atom. The molecule has 1 heterocycles. The van der Waals surface area contributed by atoms with E-state index < -0.39 is 47.2 Å². The van der Waals surface area contributed by atoms with Gasteiger partial charge >= 0.3 is 6.03 Å². The van der Waals surface area contributed by atoms with E-state index in [0.29, 0.717) is 25.9 Å². The molecule has 0 aromatic heterocycles. The molecule has 11 nitrogen and oxygen atoms in total.